The summed E-state index contributed by atoms with van der Waals surface area (Å²) in [5.74, 6) is 3.11. The van der Waals surface area contributed by atoms with Gasteiger partial charge in [-0.1, -0.05) is 293 Å². The predicted octanol–water partition coefficient (Wildman–Crippen LogP) is 31.0. The van der Waals surface area contributed by atoms with E-state index >= 15 is 8.78 Å². The van der Waals surface area contributed by atoms with Gasteiger partial charge in [0.1, 0.15) is 34.0 Å². The maximum absolute atomic E-state index is 15.4. The lowest BCUT2D eigenvalue weighted by atomic mass is 9.57. The molecule has 0 nitrogen and oxygen atoms in total. The summed E-state index contributed by atoms with van der Waals surface area (Å²) in [5.41, 5.74) is -4.09. The third kappa shape index (κ3) is 42.8. The topological polar surface area (TPSA) is 0 Å². The predicted molar refractivity (Wildman–Crippen MR) is 392 cm³/mol. The first-order valence-electron chi connectivity index (χ1n) is 37.3. The Hall–Kier alpha value is -0.420. The van der Waals surface area contributed by atoms with Crippen molar-refractivity contribution in [2.75, 3.05) is 0 Å². The zero-order valence-electron chi connectivity index (χ0n) is 68.0. The maximum Gasteiger partial charge on any atom is 0.118 e. The quantitative estimate of drug-likeness (QED) is 0.120. The van der Waals surface area contributed by atoms with Crippen molar-refractivity contribution in [1.29, 1.82) is 0 Å². The van der Waals surface area contributed by atoms with Crippen LogP contribution in [0.15, 0.2) is 0 Å². The zero-order chi connectivity index (χ0) is 71.8. The van der Waals surface area contributed by atoms with E-state index in [1.165, 1.54) is 12.8 Å². The van der Waals surface area contributed by atoms with Crippen LogP contribution in [-0.4, -0.2) is 34.0 Å². The van der Waals surface area contributed by atoms with Crippen LogP contribution >= 0.6 is 0 Å². The van der Waals surface area contributed by atoms with Crippen molar-refractivity contribution < 1.29 is 26.3 Å². The van der Waals surface area contributed by atoms with Gasteiger partial charge in [0.15, 0.2) is 0 Å². The highest BCUT2D eigenvalue weighted by Gasteiger charge is 2.53. The summed E-state index contributed by atoms with van der Waals surface area (Å²) in [4.78, 5) is 0. The van der Waals surface area contributed by atoms with E-state index in [-0.39, 0.29) is 34.5 Å². The molecule has 3 fully saturated rings. The van der Waals surface area contributed by atoms with Crippen molar-refractivity contribution in [3.63, 3.8) is 0 Å². The van der Waals surface area contributed by atoms with E-state index in [2.05, 4.69) is 228 Å². The van der Waals surface area contributed by atoms with Gasteiger partial charge in [-0.2, -0.15) is 0 Å². The minimum Gasteiger partial charge on any atom is -0.244 e. The molecular weight excluding hydrogens is 1100 g/mol. The van der Waals surface area contributed by atoms with E-state index in [1.807, 2.05) is 13.8 Å². The Morgan fingerprint density at radius 3 is 0.670 bits per heavy atom. The van der Waals surface area contributed by atoms with Crippen molar-refractivity contribution in [3.05, 3.63) is 0 Å². The van der Waals surface area contributed by atoms with Crippen molar-refractivity contribution in [1.82, 2.24) is 0 Å². The number of halogens is 6. The van der Waals surface area contributed by atoms with Gasteiger partial charge in [0.2, 0.25) is 0 Å². The standard InChI is InChI=1S/C16H33F.C14H29F.C12H25F.C9H17F.C7H13F.C7H16.C6H11F.C6H14.C5H12/c1-10(2)14(11(3)4)16(9,17)15(12(5)6)13(7)8;1-8-12(5,9-2)14(7,15)13(6,10-3)11-4;1-6-10(7-2)12(5,13)11(8-3)9-4;1-8(2)4-6-9(3,10)7-5-8;1-7(8)5-3-2-4-6-7;1-6(2)7(3,4)5;1-6(7)4-2-3-5-6;1-5-6(2,3)4;1-5(2,3)4/h10-15H,1-9H3;8-11H2,1-7H3;10-11H,6-9H2,1-5H3;4-7H2,1-3H3;2-6H2,1H3;6H,1-5H3;2-5H2,1H3;5H2,1-4H3;1-4H3. The van der Waals surface area contributed by atoms with Gasteiger partial charge in [-0.15, -0.1) is 0 Å². The van der Waals surface area contributed by atoms with Crippen molar-refractivity contribution in [2.24, 2.45) is 85.8 Å². The highest BCUT2D eigenvalue weighted by molar-refractivity contribution is 5.02. The van der Waals surface area contributed by atoms with Gasteiger partial charge in [-0.05, 0) is 194 Å². The van der Waals surface area contributed by atoms with Crippen molar-refractivity contribution >= 4 is 0 Å². The minimum atomic E-state index is -1.09. The molecule has 88 heavy (non-hydrogen) atoms. The summed E-state index contributed by atoms with van der Waals surface area (Å²) in [6.45, 7) is 82.2. The SMILES string of the molecule is CC(C)(C)C.CC(C)C(C(C)C)C(C)(F)C(C(C)C)C(C)C.CC(C)C(C)(C)C.CC1(C)CCC(C)(F)CC1.CC1(F)CCCC1.CC1(F)CCCCC1.CCC(C)(C)C.CCC(C)(CC)C(C)(F)C(C)(CC)CC.CCC(CC)C(C)(F)C(CC)CC. The molecule has 0 heterocycles. The molecule has 0 saturated heterocycles. The van der Waals surface area contributed by atoms with Gasteiger partial charge >= 0.3 is 0 Å². The van der Waals surface area contributed by atoms with Gasteiger partial charge in [-0.25, -0.2) is 26.3 Å². The van der Waals surface area contributed by atoms with Crippen molar-refractivity contribution in [2.45, 2.75) is 445 Å². The molecule has 3 rings (SSSR count). The van der Waals surface area contributed by atoms with E-state index in [0.717, 1.165) is 134 Å². The largest absolute Gasteiger partial charge is 0.244 e. The Labute approximate surface area is 554 Å². The van der Waals surface area contributed by atoms with Crippen LogP contribution in [0.1, 0.15) is 411 Å². The van der Waals surface area contributed by atoms with E-state index < -0.39 is 34.0 Å². The van der Waals surface area contributed by atoms with E-state index in [4.69, 9.17) is 0 Å². The molecule has 0 aliphatic heterocycles. The van der Waals surface area contributed by atoms with Crippen LogP contribution in [0.3, 0.4) is 0 Å². The highest BCUT2D eigenvalue weighted by atomic mass is 19.2. The molecule has 0 aromatic heterocycles. The van der Waals surface area contributed by atoms with E-state index in [1.54, 1.807) is 27.7 Å². The second-order valence-electron chi connectivity index (χ2n) is 36.5. The molecule has 0 atom stereocenters. The van der Waals surface area contributed by atoms with Crippen LogP contribution in [0.5, 0.6) is 0 Å². The average molecular weight is 1270 g/mol. The summed E-state index contributed by atoms with van der Waals surface area (Å²) in [5, 5.41) is 0. The fourth-order valence-corrected chi connectivity index (χ4v) is 13.3. The van der Waals surface area contributed by atoms with Gasteiger partial charge in [0, 0.05) is 10.8 Å². The van der Waals surface area contributed by atoms with Crippen LogP contribution in [0, 0.1) is 85.8 Å². The highest BCUT2D eigenvalue weighted by Crippen LogP contribution is 2.54. The Bertz CT molecular complexity index is 1490. The summed E-state index contributed by atoms with van der Waals surface area (Å²) in [7, 11) is 0. The molecule has 0 unspecified atom stereocenters. The molecule has 3 aliphatic rings. The number of alkyl halides is 6. The second-order valence-corrected chi connectivity index (χ2v) is 36.5. The molecule has 540 valence electrons. The number of rotatable bonds is 18. The first-order chi connectivity index (χ1) is 39.1. The normalized spacial score (nSPS) is 17.8. The van der Waals surface area contributed by atoms with E-state index in [0.29, 0.717) is 45.3 Å². The molecule has 0 radical (unpaired) electrons. The lowest BCUT2D eigenvalue weighted by Gasteiger charge is -2.51. The summed E-state index contributed by atoms with van der Waals surface area (Å²) >= 11 is 0. The first kappa shape index (κ1) is 98.6. The molecule has 0 spiro atoms. The molecule has 0 N–H and O–H groups in total. The Morgan fingerprint density at radius 1 is 0.330 bits per heavy atom. The Morgan fingerprint density at radius 2 is 0.534 bits per heavy atom. The lowest BCUT2D eigenvalue weighted by molar-refractivity contribution is -0.0946. The van der Waals surface area contributed by atoms with Crippen LogP contribution in [-0.2, 0) is 0 Å². The smallest absolute Gasteiger partial charge is 0.118 e. The summed E-state index contributed by atoms with van der Waals surface area (Å²) in [6.07, 6.45) is 21.1. The molecule has 3 saturated carbocycles. The minimum absolute atomic E-state index is 0.136. The average Bonchev–Trinajstić information content (AvgIpc) is 3.77. The zero-order valence-corrected chi connectivity index (χ0v) is 68.0. The van der Waals surface area contributed by atoms with Gasteiger partial charge in [0.05, 0.1) is 0 Å². The number of hydrogen-bond acceptors (Lipinski definition) is 0. The molecule has 0 bridgehead atoms. The van der Waals surface area contributed by atoms with Gasteiger partial charge in [0.25, 0.3) is 0 Å². The monoisotopic (exact) mass is 1270 g/mol. The van der Waals surface area contributed by atoms with Crippen LogP contribution in [0.2, 0.25) is 0 Å². The summed E-state index contributed by atoms with van der Waals surface area (Å²) in [6, 6.07) is 0. The third-order valence-corrected chi connectivity index (χ3v) is 22.1. The van der Waals surface area contributed by atoms with Crippen LogP contribution in [0.25, 0.3) is 0 Å². The van der Waals surface area contributed by atoms with Crippen LogP contribution < -0.4 is 0 Å². The lowest BCUT2D eigenvalue weighted by Crippen LogP contribution is -2.51. The van der Waals surface area contributed by atoms with Crippen LogP contribution in [0.4, 0.5) is 26.3 Å². The Kier molecular flexibility index (Phi) is 48.9. The second kappa shape index (κ2) is 43.6. The Balaban J connectivity index is -0.000000220. The molecule has 0 aromatic carbocycles. The molecule has 6 heteroatoms. The fourth-order valence-electron chi connectivity index (χ4n) is 13.3. The molecule has 3 aliphatic carbocycles. The summed E-state index contributed by atoms with van der Waals surface area (Å²) < 4.78 is 83.7. The van der Waals surface area contributed by atoms with Crippen molar-refractivity contribution in [3.8, 4) is 0 Å². The van der Waals surface area contributed by atoms with E-state index in [9.17, 15) is 17.6 Å². The first-order valence-corrected chi connectivity index (χ1v) is 37.3. The van der Waals surface area contributed by atoms with Gasteiger partial charge in [-0.3, -0.25) is 0 Å². The maximum atomic E-state index is 15.4. The third-order valence-electron chi connectivity index (χ3n) is 22.1. The molecular formula is C82H170F6. The fraction of sp³-hybridized carbons (Fsp3) is 1.00. The number of hydrogen-bond donors (Lipinski definition) is 0. The van der Waals surface area contributed by atoms with Gasteiger partial charge < -0.3 is 0 Å². The molecule has 0 aromatic rings. The molecule has 0 amide bonds.